The molecule has 0 amide bonds. The van der Waals surface area contributed by atoms with Gasteiger partial charge in [-0.2, -0.15) is 5.10 Å². The van der Waals surface area contributed by atoms with Crippen LogP contribution in [0.15, 0.2) is 36.4 Å². The maximum Gasteiger partial charge on any atom is 0.0923 e. The molecule has 3 heteroatoms. The van der Waals surface area contributed by atoms with Crippen LogP contribution in [-0.4, -0.2) is 34.7 Å². The minimum Gasteiger partial charge on any atom is -0.303 e. The summed E-state index contributed by atoms with van der Waals surface area (Å²) in [5, 5.41) is 7.73. The molecule has 3 nitrogen and oxygen atoms in total. The predicted octanol–water partition coefficient (Wildman–Crippen LogP) is 3.67. The third-order valence-electron chi connectivity index (χ3n) is 4.23. The molecule has 1 N–H and O–H groups in total. The Kier molecular flexibility index (Phi) is 4.16. The maximum absolute atomic E-state index is 4.48. The zero-order valence-corrected chi connectivity index (χ0v) is 12.2. The van der Waals surface area contributed by atoms with Gasteiger partial charge in [0.05, 0.1) is 5.69 Å². The Morgan fingerprint density at radius 1 is 1.20 bits per heavy atom. The van der Waals surface area contributed by atoms with E-state index in [-0.39, 0.29) is 0 Å². The summed E-state index contributed by atoms with van der Waals surface area (Å²) in [6.07, 6.45) is 3.75. The highest BCUT2D eigenvalue weighted by Gasteiger charge is 2.21. The molecular formula is C17H23N3. The molecule has 0 bridgehead atoms. The van der Waals surface area contributed by atoms with Crippen LogP contribution < -0.4 is 0 Å². The van der Waals surface area contributed by atoms with Crippen LogP contribution in [0.25, 0.3) is 11.3 Å². The molecule has 1 aromatic carbocycles. The van der Waals surface area contributed by atoms with Gasteiger partial charge in [0.1, 0.15) is 0 Å². The van der Waals surface area contributed by atoms with Gasteiger partial charge < -0.3 is 4.90 Å². The molecule has 106 valence electrons. The Labute approximate surface area is 121 Å². The number of hydrogen-bond donors (Lipinski definition) is 1. The molecule has 0 spiro atoms. The van der Waals surface area contributed by atoms with E-state index in [0.717, 1.165) is 5.69 Å². The van der Waals surface area contributed by atoms with Gasteiger partial charge in [-0.3, -0.25) is 5.10 Å². The standard InChI is InChI=1S/C17H23N3/c1-2-10-20-11-8-15(9-12-20)17-13-16(18-19-17)14-6-4-3-5-7-14/h3-7,13,15H,2,8-12H2,1H3,(H,18,19). The van der Waals surface area contributed by atoms with Crippen LogP contribution in [0.5, 0.6) is 0 Å². The van der Waals surface area contributed by atoms with E-state index in [2.05, 4.69) is 52.4 Å². The summed E-state index contributed by atoms with van der Waals surface area (Å²) in [6.45, 7) is 5.94. The molecule has 0 unspecified atom stereocenters. The van der Waals surface area contributed by atoms with Crippen molar-refractivity contribution >= 4 is 0 Å². The zero-order valence-electron chi connectivity index (χ0n) is 12.2. The normalized spacial score (nSPS) is 17.4. The average Bonchev–Trinajstić information content (AvgIpc) is 2.99. The smallest absolute Gasteiger partial charge is 0.0923 e. The monoisotopic (exact) mass is 269 g/mol. The van der Waals surface area contributed by atoms with E-state index in [1.54, 1.807) is 0 Å². The molecule has 0 saturated carbocycles. The molecule has 2 aromatic rings. The SMILES string of the molecule is CCCN1CCC(c2cc(-c3ccccc3)n[nH]2)CC1. The van der Waals surface area contributed by atoms with Crippen LogP contribution in [-0.2, 0) is 0 Å². The topological polar surface area (TPSA) is 31.9 Å². The van der Waals surface area contributed by atoms with E-state index in [1.807, 2.05) is 6.07 Å². The van der Waals surface area contributed by atoms with Crippen molar-refractivity contribution in [1.82, 2.24) is 15.1 Å². The number of nitrogens with zero attached hydrogens (tertiary/aromatic N) is 2. The highest BCUT2D eigenvalue weighted by molar-refractivity contribution is 5.59. The van der Waals surface area contributed by atoms with E-state index < -0.39 is 0 Å². The van der Waals surface area contributed by atoms with Gasteiger partial charge in [0.15, 0.2) is 0 Å². The average molecular weight is 269 g/mol. The van der Waals surface area contributed by atoms with Gasteiger partial charge in [-0.15, -0.1) is 0 Å². The number of aromatic amines is 1. The number of rotatable bonds is 4. The Balaban J connectivity index is 1.66. The quantitative estimate of drug-likeness (QED) is 0.918. The third-order valence-corrected chi connectivity index (χ3v) is 4.23. The molecule has 1 saturated heterocycles. The predicted molar refractivity (Wildman–Crippen MR) is 82.7 cm³/mol. The van der Waals surface area contributed by atoms with E-state index >= 15 is 0 Å². The van der Waals surface area contributed by atoms with E-state index in [9.17, 15) is 0 Å². The fraction of sp³-hybridized carbons (Fsp3) is 0.471. The van der Waals surface area contributed by atoms with Gasteiger partial charge in [-0.25, -0.2) is 0 Å². The summed E-state index contributed by atoms with van der Waals surface area (Å²) < 4.78 is 0. The summed E-state index contributed by atoms with van der Waals surface area (Å²) in [4.78, 5) is 2.57. The van der Waals surface area contributed by atoms with Crippen molar-refractivity contribution in [3.05, 3.63) is 42.1 Å². The first-order chi connectivity index (χ1) is 9.86. The van der Waals surface area contributed by atoms with E-state index in [4.69, 9.17) is 0 Å². The minimum absolute atomic E-state index is 0.646. The Bertz CT molecular complexity index is 524. The van der Waals surface area contributed by atoms with Gasteiger partial charge >= 0.3 is 0 Å². The van der Waals surface area contributed by atoms with Crippen molar-refractivity contribution in [3.63, 3.8) is 0 Å². The first-order valence-electron chi connectivity index (χ1n) is 7.70. The first kappa shape index (κ1) is 13.4. The second-order valence-corrected chi connectivity index (χ2v) is 5.69. The number of likely N-dealkylation sites (tertiary alicyclic amines) is 1. The Morgan fingerprint density at radius 2 is 1.95 bits per heavy atom. The van der Waals surface area contributed by atoms with Crippen molar-refractivity contribution in [1.29, 1.82) is 0 Å². The van der Waals surface area contributed by atoms with Gasteiger partial charge in [0.25, 0.3) is 0 Å². The van der Waals surface area contributed by atoms with Crippen LogP contribution in [0, 0.1) is 0 Å². The van der Waals surface area contributed by atoms with Crippen LogP contribution in [0.4, 0.5) is 0 Å². The maximum atomic E-state index is 4.48. The van der Waals surface area contributed by atoms with Crippen LogP contribution in [0.3, 0.4) is 0 Å². The third kappa shape index (κ3) is 2.93. The number of benzene rings is 1. The van der Waals surface area contributed by atoms with Crippen molar-refractivity contribution in [2.24, 2.45) is 0 Å². The van der Waals surface area contributed by atoms with Crippen molar-refractivity contribution in [3.8, 4) is 11.3 Å². The molecule has 0 radical (unpaired) electrons. The summed E-state index contributed by atoms with van der Waals surface area (Å²) in [5.41, 5.74) is 3.56. The molecule has 20 heavy (non-hydrogen) atoms. The minimum atomic E-state index is 0.646. The summed E-state index contributed by atoms with van der Waals surface area (Å²) in [6, 6.07) is 12.6. The molecule has 0 aliphatic carbocycles. The molecule has 1 fully saturated rings. The number of H-pyrrole nitrogens is 1. The molecule has 0 atom stereocenters. The molecular weight excluding hydrogens is 246 g/mol. The number of aromatic nitrogens is 2. The number of piperidine rings is 1. The summed E-state index contributed by atoms with van der Waals surface area (Å²) >= 11 is 0. The fourth-order valence-electron chi connectivity index (χ4n) is 3.09. The zero-order chi connectivity index (χ0) is 13.8. The summed E-state index contributed by atoms with van der Waals surface area (Å²) in [7, 11) is 0. The lowest BCUT2D eigenvalue weighted by atomic mass is 9.93. The van der Waals surface area contributed by atoms with E-state index in [1.165, 1.54) is 50.2 Å². The first-order valence-corrected chi connectivity index (χ1v) is 7.70. The second-order valence-electron chi connectivity index (χ2n) is 5.69. The fourth-order valence-corrected chi connectivity index (χ4v) is 3.09. The van der Waals surface area contributed by atoms with E-state index in [0.29, 0.717) is 5.92 Å². The van der Waals surface area contributed by atoms with Gasteiger partial charge in [0.2, 0.25) is 0 Å². The van der Waals surface area contributed by atoms with Gasteiger partial charge in [0, 0.05) is 17.2 Å². The Morgan fingerprint density at radius 3 is 2.65 bits per heavy atom. The lowest BCUT2D eigenvalue weighted by Gasteiger charge is -2.31. The highest BCUT2D eigenvalue weighted by atomic mass is 15.1. The lowest BCUT2D eigenvalue weighted by Crippen LogP contribution is -2.33. The molecule has 2 heterocycles. The van der Waals surface area contributed by atoms with Crippen molar-refractivity contribution in [2.45, 2.75) is 32.1 Å². The summed E-state index contributed by atoms with van der Waals surface area (Å²) in [5.74, 6) is 0.646. The van der Waals surface area contributed by atoms with Gasteiger partial charge in [-0.05, 0) is 45.0 Å². The van der Waals surface area contributed by atoms with Crippen LogP contribution >= 0.6 is 0 Å². The number of nitrogens with one attached hydrogen (secondary N) is 1. The highest BCUT2D eigenvalue weighted by Crippen LogP contribution is 2.29. The van der Waals surface area contributed by atoms with Crippen LogP contribution in [0.2, 0.25) is 0 Å². The molecule has 3 rings (SSSR count). The van der Waals surface area contributed by atoms with Crippen molar-refractivity contribution < 1.29 is 0 Å². The molecule has 1 aliphatic rings. The van der Waals surface area contributed by atoms with Crippen LogP contribution in [0.1, 0.15) is 37.8 Å². The molecule has 1 aliphatic heterocycles. The second kappa shape index (κ2) is 6.23. The molecule has 1 aromatic heterocycles. The van der Waals surface area contributed by atoms with Gasteiger partial charge in [-0.1, -0.05) is 37.3 Å². The Hall–Kier alpha value is -1.61. The largest absolute Gasteiger partial charge is 0.303 e. The number of hydrogen-bond acceptors (Lipinski definition) is 2. The van der Waals surface area contributed by atoms with Crippen molar-refractivity contribution in [2.75, 3.05) is 19.6 Å². The lowest BCUT2D eigenvalue weighted by molar-refractivity contribution is 0.211.